The highest BCUT2D eigenvalue weighted by Crippen LogP contribution is 2.19. The lowest BCUT2D eigenvalue weighted by molar-refractivity contribution is -0.156. The van der Waals surface area contributed by atoms with E-state index in [1.807, 2.05) is 30.3 Å². The van der Waals surface area contributed by atoms with Gasteiger partial charge in [-0.3, -0.25) is 4.79 Å². The minimum atomic E-state index is -0.833. The Kier molecular flexibility index (Phi) is 7.50. The number of hydrogen-bond acceptors (Lipinski definition) is 5. The summed E-state index contributed by atoms with van der Waals surface area (Å²) in [5.74, 6) is 0.395. The number of hydrogen-bond donors (Lipinski definition) is 1. The normalized spacial score (nSPS) is 14.8. The number of carbonyl (C=O) groups is 2. The molecule has 1 N–H and O–H groups in total. The number of ether oxygens (including phenoxy) is 3. The van der Waals surface area contributed by atoms with Crippen LogP contribution in [0, 0.1) is 0 Å². The average Bonchev–Trinajstić information content (AvgIpc) is 3.25. The quantitative estimate of drug-likeness (QED) is 0.654. The first kappa shape index (κ1) is 20.7. The molecule has 154 valence electrons. The first-order valence-electron chi connectivity index (χ1n) is 9.99. The molecule has 1 aliphatic carbocycles. The van der Waals surface area contributed by atoms with E-state index in [2.05, 4.69) is 5.32 Å². The van der Waals surface area contributed by atoms with Crippen molar-refractivity contribution >= 4 is 11.9 Å². The van der Waals surface area contributed by atoms with Crippen LogP contribution in [0.1, 0.15) is 38.2 Å². The van der Waals surface area contributed by atoms with Crippen LogP contribution in [0.5, 0.6) is 11.5 Å². The van der Waals surface area contributed by atoms with Crippen LogP contribution in [-0.4, -0.2) is 30.6 Å². The molecule has 6 heteroatoms. The lowest BCUT2D eigenvalue weighted by Gasteiger charge is -2.17. The molecule has 0 spiro atoms. The van der Waals surface area contributed by atoms with Crippen LogP contribution >= 0.6 is 0 Å². The summed E-state index contributed by atoms with van der Waals surface area (Å²) in [7, 11) is 0. The van der Waals surface area contributed by atoms with Gasteiger partial charge in [-0.25, -0.2) is 4.79 Å². The van der Waals surface area contributed by atoms with E-state index in [0.29, 0.717) is 18.1 Å². The van der Waals surface area contributed by atoms with Gasteiger partial charge < -0.3 is 19.5 Å². The monoisotopic (exact) mass is 397 g/mol. The molecule has 0 bridgehead atoms. The lowest BCUT2D eigenvalue weighted by Crippen LogP contribution is -2.41. The second-order valence-corrected chi connectivity index (χ2v) is 7.16. The number of benzene rings is 2. The van der Waals surface area contributed by atoms with Gasteiger partial charge in [0.05, 0.1) is 0 Å². The molecule has 1 fully saturated rings. The number of amides is 1. The predicted octanol–water partition coefficient (Wildman–Crippen LogP) is 3.63. The molecule has 0 radical (unpaired) electrons. The predicted molar refractivity (Wildman–Crippen MR) is 109 cm³/mol. The number of esters is 1. The molecule has 3 rings (SSSR count). The zero-order chi connectivity index (χ0) is 20.5. The van der Waals surface area contributed by atoms with Gasteiger partial charge in [-0.2, -0.15) is 0 Å². The van der Waals surface area contributed by atoms with Gasteiger partial charge in [-0.05, 0) is 49.6 Å². The van der Waals surface area contributed by atoms with E-state index in [1.54, 1.807) is 31.2 Å². The molecule has 0 saturated heterocycles. The van der Waals surface area contributed by atoms with Gasteiger partial charge in [0.25, 0.3) is 5.91 Å². The van der Waals surface area contributed by atoms with Gasteiger partial charge in [0.15, 0.2) is 12.7 Å². The van der Waals surface area contributed by atoms with E-state index in [1.165, 1.54) is 0 Å². The Morgan fingerprint density at radius 1 is 0.966 bits per heavy atom. The Morgan fingerprint density at radius 2 is 1.59 bits per heavy atom. The smallest absolute Gasteiger partial charge is 0.344 e. The van der Waals surface area contributed by atoms with Crippen molar-refractivity contribution in [3.63, 3.8) is 0 Å². The first-order valence-corrected chi connectivity index (χ1v) is 9.99. The van der Waals surface area contributed by atoms with Gasteiger partial charge in [0, 0.05) is 6.04 Å². The Balaban J connectivity index is 1.37. The van der Waals surface area contributed by atoms with Gasteiger partial charge in [0.1, 0.15) is 18.1 Å². The molecule has 0 aliphatic heterocycles. The minimum Gasteiger partial charge on any atom is -0.489 e. The summed E-state index contributed by atoms with van der Waals surface area (Å²) < 4.78 is 16.3. The van der Waals surface area contributed by atoms with Gasteiger partial charge in [-0.1, -0.05) is 43.2 Å². The van der Waals surface area contributed by atoms with Crippen molar-refractivity contribution in [1.29, 1.82) is 0 Å². The summed E-state index contributed by atoms with van der Waals surface area (Å²) >= 11 is 0. The van der Waals surface area contributed by atoms with Crippen molar-refractivity contribution in [2.75, 3.05) is 6.61 Å². The third-order valence-corrected chi connectivity index (χ3v) is 4.81. The second kappa shape index (κ2) is 10.5. The molecular weight excluding hydrogens is 370 g/mol. The molecule has 0 heterocycles. The van der Waals surface area contributed by atoms with Crippen molar-refractivity contribution in [3.05, 3.63) is 60.2 Å². The number of nitrogens with one attached hydrogen (secondary N) is 1. The van der Waals surface area contributed by atoms with E-state index >= 15 is 0 Å². The second-order valence-electron chi connectivity index (χ2n) is 7.16. The fourth-order valence-electron chi connectivity index (χ4n) is 3.19. The molecule has 1 aliphatic rings. The molecule has 29 heavy (non-hydrogen) atoms. The average molecular weight is 397 g/mol. The first-order chi connectivity index (χ1) is 14.1. The van der Waals surface area contributed by atoms with Crippen LogP contribution < -0.4 is 14.8 Å². The van der Waals surface area contributed by atoms with Gasteiger partial charge in [-0.15, -0.1) is 0 Å². The molecule has 2 aromatic carbocycles. The number of carbonyl (C=O) groups excluding carboxylic acids is 2. The summed E-state index contributed by atoms with van der Waals surface area (Å²) in [5.41, 5.74) is 1.08. The molecule has 1 saturated carbocycles. The van der Waals surface area contributed by atoms with Crippen LogP contribution in [0.15, 0.2) is 54.6 Å². The van der Waals surface area contributed by atoms with E-state index < -0.39 is 12.1 Å². The maximum atomic E-state index is 12.1. The molecule has 6 nitrogen and oxygen atoms in total. The lowest BCUT2D eigenvalue weighted by atomic mass is 10.2. The standard InChI is InChI=1S/C23H27NO5/c1-17(23(26)24-19-9-5-6-10-19)29-22(25)16-28-21-13-11-20(12-14-21)27-15-18-7-3-2-4-8-18/h2-4,7-8,11-14,17,19H,5-6,9-10,15-16H2,1H3,(H,24,26)/t17-/m1/s1. The third kappa shape index (κ3) is 6.82. The zero-order valence-corrected chi connectivity index (χ0v) is 16.6. The molecule has 2 aromatic rings. The van der Waals surface area contributed by atoms with Gasteiger partial charge in [0.2, 0.25) is 0 Å². The zero-order valence-electron chi connectivity index (χ0n) is 16.6. The van der Waals surface area contributed by atoms with E-state index in [4.69, 9.17) is 14.2 Å². The summed E-state index contributed by atoms with van der Waals surface area (Å²) in [5, 5.41) is 2.92. The van der Waals surface area contributed by atoms with Crippen molar-refractivity contribution in [2.24, 2.45) is 0 Å². The highest BCUT2D eigenvalue weighted by atomic mass is 16.6. The Labute approximate surface area is 171 Å². The molecule has 1 atom stereocenters. The van der Waals surface area contributed by atoms with Crippen LogP contribution in [-0.2, 0) is 20.9 Å². The fourth-order valence-corrected chi connectivity index (χ4v) is 3.19. The maximum Gasteiger partial charge on any atom is 0.344 e. The summed E-state index contributed by atoms with van der Waals surface area (Å²) in [4.78, 5) is 24.0. The van der Waals surface area contributed by atoms with Crippen molar-refractivity contribution in [3.8, 4) is 11.5 Å². The van der Waals surface area contributed by atoms with Crippen LogP contribution in [0.3, 0.4) is 0 Å². The van der Waals surface area contributed by atoms with Crippen molar-refractivity contribution < 1.29 is 23.8 Å². The van der Waals surface area contributed by atoms with Gasteiger partial charge >= 0.3 is 5.97 Å². The SMILES string of the molecule is C[C@@H](OC(=O)COc1ccc(OCc2ccccc2)cc1)C(=O)NC1CCCC1. The molecular formula is C23H27NO5. The van der Waals surface area contributed by atoms with Crippen LogP contribution in [0.25, 0.3) is 0 Å². The third-order valence-electron chi connectivity index (χ3n) is 4.81. The van der Waals surface area contributed by atoms with Crippen LogP contribution in [0.4, 0.5) is 0 Å². The van der Waals surface area contributed by atoms with Crippen molar-refractivity contribution in [2.45, 2.75) is 51.4 Å². The minimum absolute atomic E-state index is 0.197. The summed E-state index contributed by atoms with van der Waals surface area (Å²) in [6, 6.07) is 17.1. The summed E-state index contributed by atoms with van der Waals surface area (Å²) in [6.45, 7) is 1.79. The topological polar surface area (TPSA) is 73.9 Å². The molecule has 0 aromatic heterocycles. The highest BCUT2D eigenvalue weighted by molar-refractivity contribution is 5.83. The Hall–Kier alpha value is -3.02. The largest absolute Gasteiger partial charge is 0.489 e. The van der Waals surface area contributed by atoms with E-state index in [-0.39, 0.29) is 18.6 Å². The highest BCUT2D eigenvalue weighted by Gasteiger charge is 2.23. The summed E-state index contributed by atoms with van der Waals surface area (Å²) in [6.07, 6.45) is 3.40. The Morgan fingerprint density at radius 3 is 2.24 bits per heavy atom. The molecule has 0 unspecified atom stereocenters. The Bertz CT molecular complexity index is 785. The molecule has 1 amide bonds. The maximum absolute atomic E-state index is 12.1. The van der Waals surface area contributed by atoms with E-state index in [9.17, 15) is 9.59 Å². The van der Waals surface area contributed by atoms with Crippen molar-refractivity contribution in [1.82, 2.24) is 5.32 Å². The fraction of sp³-hybridized carbons (Fsp3) is 0.391. The number of rotatable bonds is 9. The van der Waals surface area contributed by atoms with E-state index in [0.717, 1.165) is 31.2 Å². The van der Waals surface area contributed by atoms with Crippen LogP contribution in [0.2, 0.25) is 0 Å².